The Labute approximate surface area is 163 Å². The minimum atomic E-state index is -4.30. The van der Waals surface area contributed by atoms with E-state index in [4.69, 9.17) is 24.1 Å². The normalized spacial score (nSPS) is 37.1. The van der Waals surface area contributed by atoms with Crippen LogP contribution >= 0.6 is 0 Å². The van der Waals surface area contributed by atoms with Gasteiger partial charge in [0.05, 0.1) is 0 Å². The number of halogens is 2. The van der Waals surface area contributed by atoms with Crippen LogP contribution in [0.5, 0.6) is 0 Å². The molecule has 1 aliphatic carbocycles. The van der Waals surface area contributed by atoms with Gasteiger partial charge < -0.3 is 24.1 Å². The molecular formula is C18H20F2O9. The monoisotopic (exact) mass is 418 g/mol. The van der Waals surface area contributed by atoms with E-state index in [1.54, 1.807) is 0 Å². The van der Waals surface area contributed by atoms with Crippen LogP contribution in [-0.2, 0) is 38.1 Å². The van der Waals surface area contributed by atoms with Crippen molar-refractivity contribution in [3.8, 4) is 0 Å². The van der Waals surface area contributed by atoms with E-state index in [2.05, 4.69) is 0 Å². The summed E-state index contributed by atoms with van der Waals surface area (Å²) in [5, 5.41) is 9.03. The zero-order valence-corrected chi connectivity index (χ0v) is 15.5. The highest BCUT2D eigenvalue weighted by molar-refractivity contribution is 5.87. The number of carboxylic acid groups (broad SMARTS) is 1. The van der Waals surface area contributed by atoms with Gasteiger partial charge in [0.25, 0.3) is 0 Å². The van der Waals surface area contributed by atoms with Crippen molar-refractivity contribution in [3.05, 3.63) is 0 Å². The predicted octanol–water partition coefficient (Wildman–Crippen LogP) is 0.823. The van der Waals surface area contributed by atoms with Gasteiger partial charge in [0, 0.05) is 6.92 Å². The Kier molecular flexibility index (Phi) is 4.56. The number of alkyl halides is 2. The van der Waals surface area contributed by atoms with Crippen LogP contribution in [0.2, 0.25) is 0 Å². The fourth-order valence-corrected chi connectivity index (χ4v) is 4.99. The van der Waals surface area contributed by atoms with E-state index in [0.717, 1.165) is 6.92 Å². The SMILES string of the molecule is CC(=O)OC1C2OC(=O)C3C2OC1C3C(=O)OC1(C(F)(F)C(=O)O)CCCCC1. The summed E-state index contributed by atoms with van der Waals surface area (Å²) in [5.41, 5.74) is -2.51. The minimum Gasteiger partial charge on any atom is -0.477 e. The molecule has 3 aliphatic heterocycles. The van der Waals surface area contributed by atoms with E-state index in [-0.39, 0.29) is 25.7 Å². The molecule has 160 valence electrons. The average Bonchev–Trinajstić information content (AvgIpc) is 3.25. The zero-order valence-electron chi connectivity index (χ0n) is 15.5. The van der Waals surface area contributed by atoms with Gasteiger partial charge in [-0.3, -0.25) is 14.4 Å². The molecule has 3 saturated heterocycles. The molecule has 4 aliphatic rings. The molecule has 29 heavy (non-hydrogen) atoms. The van der Waals surface area contributed by atoms with Crippen molar-refractivity contribution in [1.82, 2.24) is 0 Å². The number of ether oxygens (including phenoxy) is 4. The maximum absolute atomic E-state index is 14.6. The first-order valence-electron chi connectivity index (χ1n) is 9.46. The summed E-state index contributed by atoms with van der Waals surface area (Å²) in [6.07, 6.45) is -3.34. The highest BCUT2D eigenvalue weighted by Gasteiger charge is 2.73. The molecule has 0 spiro atoms. The van der Waals surface area contributed by atoms with Crippen molar-refractivity contribution in [3.63, 3.8) is 0 Å². The highest BCUT2D eigenvalue weighted by atomic mass is 19.3. The summed E-state index contributed by atoms with van der Waals surface area (Å²) in [6, 6.07) is 0. The van der Waals surface area contributed by atoms with Crippen LogP contribution in [0.15, 0.2) is 0 Å². The van der Waals surface area contributed by atoms with Crippen molar-refractivity contribution in [2.24, 2.45) is 11.8 Å². The largest absolute Gasteiger partial charge is 0.477 e. The molecule has 4 fully saturated rings. The number of rotatable bonds is 5. The van der Waals surface area contributed by atoms with E-state index in [0.29, 0.717) is 6.42 Å². The summed E-state index contributed by atoms with van der Waals surface area (Å²) in [4.78, 5) is 47.8. The Morgan fingerprint density at radius 2 is 1.79 bits per heavy atom. The molecule has 0 amide bonds. The van der Waals surface area contributed by atoms with Crippen molar-refractivity contribution in [1.29, 1.82) is 0 Å². The Morgan fingerprint density at radius 1 is 1.14 bits per heavy atom. The summed E-state index contributed by atoms with van der Waals surface area (Å²) < 4.78 is 50.2. The number of carbonyl (C=O) groups excluding carboxylic acids is 3. The predicted molar refractivity (Wildman–Crippen MR) is 85.6 cm³/mol. The van der Waals surface area contributed by atoms with Gasteiger partial charge in [0.15, 0.2) is 17.8 Å². The number of hydrogen-bond acceptors (Lipinski definition) is 8. The van der Waals surface area contributed by atoms with E-state index in [9.17, 15) is 28.0 Å². The molecule has 6 atom stereocenters. The molecule has 3 heterocycles. The molecule has 11 heteroatoms. The lowest BCUT2D eigenvalue weighted by Gasteiger charge is -2.41. The second-order valence-corrected chi connectivity index (χ2v) is 7.95. The van der Waals surface area contributed by atoms with Crippen LogP contribution in [-0.4, -0.2) is 64.9 Å². The van der Waals surface area contributed by atoms with Gasteiger partial charge in [-0.1, -0.05) is 6.42 Å². The topological polar surface area (TPSA) is 125 Å². The van der Waals surface area contributed by atoms with Gasteiger partial charge in [-0.2, -0.15) is 8.78 Å². The van der Waals surface area contributed by atoms with Crippen LogP contribution in [0.1, 0.15) is 39.0 Å². The van der Waals surface area contributed by atoms with Crippen LogP contribution in [0.3, 0.4) is 0 Å². The molecule has 4 rings (SSSR count). The Hall–Kier alpha value is -2.30. The smallest absolute Gasteiger partial charge is 0.381 e. The fourth-order valence-electron chi connectivity index (χ4n) is 4.99. The van der Waals surface area contributed by atoms with Crippen molar-refractivity contribution >= 4 is 23.9 Å². The standard InChI is InChI=1S/C18H20F2O9/c1-7(21)26-12-11-9(8-10(27-11)13(12)28-14(8)22)15(23)29-17(5-3-2-4-6-17)18(19,20)16(24)25/h8-13H,2-6H2,1H3,(H,24,25). The average molecular weight is 418 g/mol. The van der Waals surface area contributed by atoms with E-state index < -0.39 is 71.7 Å². The molecule has 0 aromatic carbocycles. The highest BCUT2D eigenvalue weighted by Crippen LogP contribution is 2.53. The molecule has 1 N–H and O–H groups in total. The second-order valence-electron chi connectivity index (χ2n) is 7.95. The lowest BCUT2D eigenvalue weighted by atomic mass is 9.77. The molecule has 6 unspecified atom stereocenters. The summed E-state index contributed by atoms with van der Waals surface area (Å²) in [5.74, 6) is -11.7. The third-order valence-electron chi connectivity index (χ3n) is 6.28. The van der Waals surface area contributed by atoms with Crippen molar-refractivity contribution in [2.45, 2.75) is 75.0 Å². The third-order valence-corrected chi connectivity index (χ3v) is 6.28. The zero-order chi connectivity index (χ0) is 21.1. The van der Waals surface area contributed by atoms with Gasteiger partial charge in [-0.05, 0) is 25.7 Å². The Balaban J connectivity index is 1.62. The van der Waals surface area contributed by atoms with Crippen LogP contribution in [0.4, 0.5) is 8.78 Å². The number of carboxylic acids is 1. The quantitative estimate of drug-likeness (QED) is 0.510. The maximum atomic E-state index is 14.6. The first-order valence-corrected chi connectivity index (χ1v) is 9.46. The molecule has 1 saturated carbocycles. The summed E-state index contributed by atoms with van der Waals surface area (Å²) in [6.45, 7) is 1.14. The molecular weight excluding hydrogens is 398 g/mol. The number of aliphatic carboxylic acids is 1. The number of fused-ring (bicyclic) bond motifs is 1. The maximum Gasteiger partial charge on any atom is 0.381 e. The van der Waals surface area contributed by atoms with Gasteiger partial charge in [-0.25, -0.2) is 4.79 Å². The molecule has 0 aromatic rings. The Morgan fingerprint density at radius 3 is 2.38 bits per heavy atom. The van der Waals surface area contributed by atoms with Gasteiger partial charge in [-0.15, -0.1) is 0 Å². The lowest BCUT2D eigenvalue weighted by Crippen LogP contribution is -2.58. The molecule has 9 nitrogen and oxygen atoms in total. The minimum absolute atomic E-state index is 0.271. The molecule has 0 aromatic heterocycles. The first kappa shape index (κ1) is 20.0. The van der Waals surface area contributed by atoms with E-state index in [1.165, 1.54) is 0 Å². The van der Waals surface area contributed by atoms with Gasteiger partial charge in [0.2, 0.25) is 0 Å². The molecule has 0 radical (unpaired) electrons. The summed E-state index contributed by atoms with van der Waals surface area (Å²) in [7, 11) is 0. The van der Waals surface area contributed by atoms with Crippen LogP contribution < -0.4 is 0 Å². The summed E-state index contributed by atoms with van der Waals surface area (Å²) >= 11 is 0. The van der Waals surface area contributed by atoms with Crippen LogP contribution in [0.25, 0.3) is 0 Å². The third kappa shape index (κ3) is 2.81. The van der Waals surface area contributed by atoms with Crippen molar-refractivity contribution in [2.75, 3.05) is 0 Å². The second kappa shape index (κ2) is 6.61. The first-order chi connectivity index (χ1) is 13.6. The fraction of sp³-hybridized carbons (Fsp3) is 0.778. The van der Waals surface area contributed by atoms with Gasteiger partial charge >= 0.3 is 29.8 Å². The number of carbonyl (C=O) groups is 4. The number of hydrogen-bond donors (Lipinski definition) is 1. The Bertz CT molecular complexity index is 760. The van der Waals surface area contributed by atoms with Crippen LogP contribution in [0, 0.1) is 11.8 Å². The van der Waals surface area contributed by atoms with Crippen molar-refractivity contribution < 1.29 is 52.0 Å². The van der Waals surface area contributed by atoms with E-state index in [1.807, 2.05) is 0 Å². The number of esters is 3. The van der Waals surface area contributed by atoms with Gasteiger partial charge in [0.1, 0.15) is 24.0 Å². The lowest BCUT2D eigenvalue weighted by molar-refractivity contribution is -0.234. The van der Waals surface area contributed by atoms with E-state index >= 15 is 0 Å². The molecule has 2 bridgehead atoms.